The summed E-state index contributed by atoms with van der Waals surface area (Å²) >= 11 is 28.9. The Labute approximate surface area is 144 Å². The molecule has 0 bridgehead atoms. The van der Waals surface area contributed by atoms with Crippen LogP contribution in [0.4, 0.5) is 0 Å². The Balaban J connectivity index is 2.53. The molecular formula is C14H13Cl5O. The maximum absolute atomic E-state index is 6.02. The van der Waals surface area contributed by atoms with Gasteiger partial charge in [0.1, 0.15) is 11.1 Å². The van der Waals surface area contributed by atoms with Crippen LogP contribution in [0.15, 0.2) is 34.3 Å². The summed E-state index contributed by atoms with van der Waals surface area (Å²) in [6.07, 6.45) is 5.35. The van der Waals surface area contributed by atoms with E-state index in [4.69, 9.17) is 62.7 Å². The van der Waals surface area contributed by atoms with Crippen LogP contribution in [-0.4, -0.2) is 6.61 Å². The lowest BCUT2D eigenvalue weighted by atomic mass is 10.1. The summed E-state index contributed by atoms with van der Waals surface area (Å²) in [7, 11) is 0. The summed E-state index contributed by atoms with van der Waals surface area (Å²) in [6, 6.07) is 3.18. The van der Waals surface area contributed by atoms with Crippen LogP contribution in [0.25, 0.3) is 0 Å². The van der Waals surface area contributed by atoms with E-state index in [0.29, 0.717) is 27.4 Å². The van der Waals surface area contributed by atoms with Crippen LogP contribution in [0.1, 0.15) is 19.8 Å². The minimum atomic E-state index is 0.286. The first-order valence-corrected chi connectivity index (χ1v) is 7.73. The first-order valence-electron chi connectivity index (χ1n) is 5.84. The molecule has 0 heterocycles. The summed E-state index contributed by atoms with van der Waals surface area (Å²) in [6.45, 7) is 2.38. The minimum Gasteiger partial charge on any atom is -0.486 e. The number of hydrogen-bond donors (Lipinski definition) is 0. The van der Waals surface area contributed by atoms with Crippen LogP contribution >= 0.6 is 58.0 Å². The number of halogens is 5. The van der Waals surface area contributed by atoms with E-state index in [1.54, 1.807) is 18.2 Å². The Morgan fingerprint density at radius 1 is 1.10 bits per heavy atom. The molecule has 0 aliphatic carbocycles. The predicted molar refractivity (Wildman–Crippen MR) is 89.7 cm³/mol. The summed E-state index contributed by atoms with van der Waals surface area (Å²) in [5.41, 5.74) is 1.16. The normalized spacial score (nSPS) is 11.4. The van der Waals surface area contributed by atoms with Crippen molar-refractivity contribution in [1.29, 1.82) is 0 Å². The molecule has 0 unspecified atom stereocenters. The lowest BCUT2D eigenvalue weighted by molar-refractivity contribution is 0.362. The molecule has 0 aliphatic rings. The molecule has 0 atom stereocenters. The number of allylic oxidation sites excluding steroid dienone is 2. The molecule has 0 spiro atoms. The second-order valence-corrected chi connectivity index (χ2v) is 6.35. The van der Waals surface area contributed by atoms with Crippen molar-refractivity contribution in [2.75, 3.05) is 6.61 Å². The molecule has 0 saturated heterocycles. The molecule has 0 aromatic heterocycles. The summed E-state index contributed by atoms with van der Waals surface area (Å²) in [5, 5.41) is 1.26. The second kappa shape index (κ2) is 9.07. The number of hydrogen-bond acceptors (Lipinski definition) is 1. The van der Waals surface area contributed by atoms with Crippen molar-refractivity contribution in [1.82, 2.24) is 0 Å². The number of rotatable bonds is 6. The smallest absolute Gasteiger partial charge is 0.157 e. The molecule has 6 heteroatoms. The largest absolute Gasteiger partial charge is 0.486 e. The standard InChI is InChI=1S/C14H13Cl5O/c1-9(3-2-4-13(18)19)5-6-20-14-11(16)7-10(15)8-12(14)17/h4-5,7-8H,2-3,6H2,1H3. The molecule has 1 aromatic carbocycles. The predicted octanol–water partition coefficient (Wildman–Crippen LogP) is 7.07. The van der Waals surface area contributed by atoms with Crippen molar-refractivity contribution >= 4 is 58.0 Å². The number of ether oxygens (including phenoxy) is 1. The van der Waals surface area contributed by atoms with E-state index in [-0.39, 0.29) is 4.49 Å². The van der Waals surface area contributed by atoms with Crippen LogP contribution in [-0.2, 0) is 0 Å². The Hall–Kier alpha value is -0.0500. The van der Waals surface area contributed by atoms with Gasteiger partial charge in [-0.3, -0.25) is 0 Å². The fourth-order valence-electron chi connectivity index (χ4n) is 1.45. The van der Waals surface area contributed by atoms with E-state index in [9.17, 15) is 0 Å². The van der Waals surface area contributed by atoms with Gasteiger partial charge in [0.2, 0.25) is 0 Å². The van der Waals surface area contributed by atoms with E-state index in [1.165, 1.54) is 0 Å². The highest BCUT2D eigenvalue weighted by Crippen LogP contribution is 2.35. The van der Waals surface area contributed by atoms with Crippen molar-refractivity contribution in [3.8, 4) is 5.75 Å². The lowest BCUT2D eigenvalue weighted by Crippen LogP contribution is -1.96. The highest BCUT2D eigenvalue weighted by molar-refractivity contribution is 6.55. The molecule has 1 nitrogen and oxygen atoms in total. The van der Waals surface area contributed by atoms with Crippen molar-refractivity contribution in [3.63, 3.8) is 0 Å². The molecule has 110 valence electrons. The molecule has 1 rings (SSSR count). The van der Waals surface area contributed by atoms with Crippen molar-refractivity contribution in [2.45, 2.75) is 19.8 Å². The molecule has 0 fully saturated rings. The van der Waals surface area contributed by atoms with Crippen molar-refractivity contribution in [2.24, 2.45) is 0 Å². The molecule has 0 aliphatic heterocycles. The summed E-state index contributed by atoms with van der Waals surface area (Å²) in [5.74, 6) is 0.436. The molecule has 0 saturated carbocycles. The second-order valence-electron chi connectivity index (χ2n) is 4.09. The van der Waals surface area contributed by atoms with Gasteiger partial charge < -0.3 is 4.74 Å². The van der Waals surface area contributed by atoms with Gasteiger partial charge in [0.25, 0.3) is 0 Å². The molecule has 20 heavy (non-hydrogen) atoms. The maximum atomic E-state index is 6.02. The van der Waals surface area contributed by atoms with E-state index < -0.39 is 0 Å². The van der Waals surface area contributed by atoms with Crippen LogP contribution in [0.5, 0.6) is 5.75 Å². The average molecular weight is 375 g/mol. The monoisotopic (exact) mass is 372 g/mol. The van der Waals surface area contributed by atoms with Crippen LogP contribution in [0, 0.1) is 0 Å². The van der Waals surface area contributed by atoms with Gasteiger partial charge in [-0.25, -0.2) is 0 Å². The van der Waals surface area contributed by atoms with E-state index >= 15 is 0 Å². The molecule has 0 N–H and O–H groups in total. The van der Waals surface area contributed by atoms with E-state index in [0.717, 1.165) is 18.4 Å². The Morgan fingerprint density at radius 2 is 1.70 bits per heavy atom. The van der Waals surface area contributed by atoms with Gasteiger partial charge in [0.05, 0.1) is 10.0 Å². The van der Waals surface area contributed by atoms with Gasteiger partial charge >= 0.3 is 0 Å². The van der Waals surface area contributed by atoms with Gasteiger partial charge in [-0.05, 0) is 38.0 Å². The topological polar surface area (TPSA) is 9.23 Å². The average Bonchev–Trinajstić information content (AvgIpc) is 2.32. The maximum Gasteiger partial charge on any atom is 0.157 e. The molecule has 0 amide bonds. The van der Waals surface area contributed by atoms with Gasteiger partial charge in [-0.1, -0.05) is 69.7 Å². The van der Waals surface area contributed by atoms with Crippen LogP contribution in [0.2, 0.25) is 15.1 Å². The number of benzene rings is 1. The zero-order valence-electron chi connectivity index (χ0n) is 10.7. The summed E-state index contributed by atoms with van der Waals surface area (Å²) in [4.78, 5) is 0. The first-order chi connectivity index (χ1) is 9.40. The van der Waals surface area contributed by atoms with Gasteiger partial charge in [0.15, 0.2) is 5.75 Å². The van der Waals surface area contributed by atoms with Gasteiger partial charge in [-0.2, -0.15) is 0 Å². The fourth-order valence-corrected chi connectivity index (χ4v) is 2.59. The molecule has 0 radical (unpaired) electrons. The Kier molecular flexibility index (Phi) is 8.16. The van der Waals surface area contributed by atoms with Crippen LogP contribution in [0.3, 0.4) is 0 Å². The lowest BCUT2D eigenvalue weighted by Gasteiger charge is -2.09. The minimum absolute atomic E-state index is 0.286. The zero-order chi connectivity index (χ0) is 15.1. The highest BCUT2D eigenvalue weighted by Gasteiger charge is 2.08. The van der Waals surface area contributed by atoms with Crippen molar-refractivity contribution in [3.05, 3.63) is 49.4 Å². The third-order valence-corrected chi connectivity index (χ3v) is 3.55. The Morgan fingerprint density at radius 3 is 2.25 bits per heavy atom. The van der Waals surface area contributed by atoms with E-state index in [1.807, 2.05) is 13.0 Å². The van der Waals surface area contributed by atoms with Gasteiger partial charge in [-0.15, -0.1) is 0 Å². The molecule has 1 aromatic rings. The quantitative estimate of drug-likeness (QED) is 0.484. The highest BCUT2D eigenvalue weighted by atomic mass is 35.5. The van der Waals surface area contributed by atoms with Crippen LogP contribution < -0.4 is 4.74 Å². The SMILES string of the molecule is CC(=CCOc1c(Cl)cc(Cl)cc1Cl)CCC=C(Cl)Cl. The third kappa shape index (κ3) is 6.60. The summed E-state index contributed by atoms with van der Waals surface area (Å²) < 4.78 is 5.84. The first kappa shape index (κ1) is 18.0. The van der Waals surface area contributed by atoms with Gasteiger partial charge in [0, 0.05) is 5.02 Å². The third-order valence-electron chi connectivity index (χ3n) is 2.46. The zero-order valence-corrected chi connectivity index (χ0v) is 14.5. The Bertz CT molecular complexity index is 495. The fraction of sp³-hybridized carbons (Fsp3) is 0.286. The van der Waals surface area contributed by atoms with E-state index in [2.05, 4.69) is 0 Å². The van der Waals surface area contributed by atoms with Crippen molar-refractivity contribution < 1.29 is 4.74 Å². The molecular weight excluding hydrogens is 361 g/mol.